The van der Waals surface area contributed by atoms with Crippen molar-refractivity contribution >= 4 is 11.1 Å². The maximum absolute atomic E-state index is 3.26. The molecule has 0 N–H and O–H groups in total. The molecule has 0 atom stereocenters. The van der Waals surface area contributed by atoms with Gasteiger partial charge in [0.05, 0.1) is 0 Å². The number of hydrogen-bond acceptors (Lipinski definition) is 0. The molecule has 0 nitrogen and oxygen atoms in total. The summed E-state index contributed by atoms with van der Waals surface area (Å²) in [4.78, 5) is 0. The van der Waals surface area contributed by atoms with E-state index >= 15 is 0 Å². The Labute approximate surface area is 127 Å². The van der Waals surface area contributed by atoms with E-state index in [0.717, 1.165) is 0 Å². The molecule has 21 heavy (non-hydrogen) atoms. The van der Waals surface area contributed by atoms with E-state index in [2.05, 4.69) is 66.4 Å². The second kappa shape index (κ2) is 7.89. The van der Waals surface area contributed by atoms with E-state index in [1.807, 2.05) is 38.1 Å². The van der Waals surface area contributed by atoms with E-state index < -0.39 is 0 Å². The lowest BCUT2D eigenvalue weighted by molar-refractivity contribution is 1.50. The maximum Gasteiger partial charge on any atom is -0.0107 e. The predicted molar refractivity (Wildman–Crippen MR) is 92.8 cm³/mol. The van der Waals surface area contributed by atoms with Crippen molar-refractivity contribution in [2.24, 2.45) is 0 Å². The van der Waals surface area contributed by atoms with Crippen LogP contribution in [0.15, 0.2) is 90.7 Å². The molecule has 0 saturated carbocycles. The van der Waals surface area contributed by atoms with Crippen LogP contribution in [0.3, 0.4) is 0 Å². The average Bonchev–Trinajstić information content (AvgIpc) is 2.84. The van der Waals surface area contributed by atoms with Crippen LogP contribution in [0.4, 0.5) is 0 Å². The summed E-state index contributed by atoms with van der Waals surface area (Å²) in [6.07, 6.45) is 8.35. The van der Waals surface area contributed by atoms with Crippen LogP contribution in [0.25, 0.3) is 11.1 Å². The molecule has 0 heteroatoms. The third-order valence-electron chi connectivity index (χ3n) is 3.13. The Morgan fingerprint density at radius 2 is 0.952 bits per heavy atom. The standard InChI is InChI=1S/C19H14.C2H6/c1-3-8-16(9-4-1)18-12-7-13-19(15-14-18)17-10-5-2-6-11-17;1-2/h1-6,8-15H;1-2H3. The van der Waals surface area contributed by atoms with Gasteiger partial charge in [0.1, 0.15) is 0 Å². The van der Waals surface area contributed by atoms with Gasteiger partial charge in [-0.25, -0.2) is 0 Å². The molecule has 0 radical (unpaired) electrons. The summed E-state index contributed by atoms with van der Waals surface area (Å²) in [5.41, 5.74) is 8.06. The van der Waals surface area contributed by atoms with Crippen LogP contribution < -0.4 is 0 Å². The van der Waals surface area contributed by atoms with Crippen LogP contribution in [0.2, 0.25) is 0 Å². The van der Waals surface area contributed by atoms with Gasteiger partial charge in [-0.2, -0.15) is 0 Å². The minimum absolute atomic E-state index is 1.18. The first-order valence-corrected chi connectivity index (χ1v) is 7.39. The largest absolute Gasteiger partial charge is 0.120 e. The Morgan fingerprint density at radius 1 is 0.571 bits per heavy atom. The molecule has 3 rings (SSSR count). The lowest BCUT2D eigenvalue weighted by Crippen LogP contribution is -1.79. The maximum atomic E-state index is 3.26. The Bertz CT molecular complexity index is 620. The first-order valence-electron chi connectivity index (χ1n) is 7.39. The molecule has 1 aliphatic rings. The molecule has 0 bridgehead atoms. The molecule has 0 unspecified atom stereocenters. The summed E-state index contributed by atoms with van der Waals surface area (Å²) < 4.78 is 0. The fraction of sp³-hybridized carbons (Fsp3) is 0.0952. The molecule has 0 spiro atoms. The van der Waals surface area contributed by atoms with Crippen molar-refractivity contribution in [3.05, 3.63) is 102 Å². The Hall–Kier alpha value is -2.56. The topological polar surface area (TPSA) is 0 Å². The fourth-order valence-electron chi connectivity index (χ4n) is 2.12. The summed E-state index contributed by atoms with van der Waals surface area (Å²) in [5.74, 6) is 0. The molecule has 2 aromatic carbocycles. The summed E-state index contributed by atoms with van der Waals surface area (Å²) in [5, 5.41) is 0. The Kier molecular flexibility index (Phi) is 5.58. The Balaban J connectivity index is 0.000000774. The van der Waals surface area contributed by atoms with Gasteiger partial charge in [0.2, 0.25) is 0 Å². The lowest BCUT2D eigenvalue weighted by atomic mass is 10.0. The fourth-order valence-corrected chi connectivity index (χ4v) is 2.12. The molecular formula is C21H20. The van der Waals surface area contributed by atoms with Gasteiger partial charge in [-0.3, -0.25) is 0 Å². The van der Waals surface area contributed by atoms with Gasteiger partial charge in [-0.05, 0) is 34.4 Å². The normalized spacial score (nSPS) is 12.7. The SMILES string of the molecule is C1=CC(c2ccccc2)=CC=C(c2ccccc2)C=1.CC. The third kappa shape index (κ3) is 3.95. The van der Waals surface area contributed by atoms with Gasteiger partial charge >= 0.3 is 0 Å². The predicted octanol–water partition coefficient (Wildman–Crippen LogP) is 5.90. The lowest BCUT2D eigenvalue weighted by Gasteiger charge is -2.00. The van der Waals surface area contributed by atoms with Crippen LogP contribution in [-0.4, -0.2) is 0 Å². The van der Waals surface area contributed by atoms with E-state index in [1.54, 1.807) is 0 Å². The summed E-state index contributed by atoms with van der Waals surface area (Å²) in [6.45, 7) is 4.00. The second-order valence-corrected chi connectivity index (χ2v) is 4.43. The van der Waals surface area contributed by atoms with E-state index in [-0.39, 0.29) is 0 Å². The number of benzene rings is 2. The third-order valence-corrected chi connectivity index (χ3v) is 3.13. The number of rotatable bonds is 2. The molecule has 0 aliphatic heterocycles. The van der Waals surface area contributed by atoms with Gasteiger partial charge in [0.15, 0.2) is 0 Å². The molecule has 2 aromatic rings. The second-order valence-electron chi connectivity index (χ2n) is 4.43. The minimum Gasteiger partial charge on any atom is -0.120 e. The van der Waals surface area contributed by atoms with Gasteiger partial charge in [0.25, 0.3) is 0 Å². The number of allylic oxidation sites excluding steroid dienone is 5. The monoisotopic (exact) mass is 272 g/mol. The summed E-state index contributed by atoms with van der Waals surface area (Å²) in [6, 6.07) is 20.8. The van der Waals surface area contributed by atoms with Crippen molar-refractivity contribution < 1.29 is 0 Å². The highest BCUT2D eigenvalue weighted by Crippen LogP contribution is 2.22. The van der Waals surface area contributed by atoms with Crippen LogP contribution in [0.1, 0.15) is 25.0 Å². The van der Waals surface area contributed by atoms with E-state index in [9.17, 15) is 0 Å². The molecule has 0 aromatic heterocycles. The molecule has 0 heterocycles. The van der Waals surface area contributed by atoms with Crippen molar-refractivity contribution in [2.75, 3.05) is 0 Å². The first kappa shape index (κ1) is 14.8. The van der Waals surface area contributed by atoms with Crippen molar-refractivity contribution in [1.82, 2.24) is 0 Å². The Morgan fingerprint density at radius 3 is 1.33 bits per heavy atom. The molecule has 1 aliphatic carbocycles. The zero-order chi connectivity index (χ0) is 14.9. The van der Waals surface area contributed by atoms with Crippen molar-refractivity contribution in [1.29, 1.82) is 0 Å². The first-order chi connectivity index (χ1) is 10.4. The quantitative estimate of drug-likeness (QED) is 0.597. The smallest absolute Gasteiger partial charge is 0.0107 e. The van der Waals surface area contributed by atoms with Crippen molar-refractivity contribution in [2.45, 2.75) is 13.8 Å². The van der Waals surface area contributed by atoms with Crippen LogP contribution in [-0.2, 0) is 0 Å². The highest BCUT2D eigenvalue weighted by atomic mass is 14.0. The molecule has 104 valence electrons. The molecule has 0 amide bonds. The van der Waals surface area contributed by atoms with Crippen LogP contribution in [0.5, 0.6) is 0 Å². The van der Waals surface area contributed by atoms with E-state index in [0.29, 0.717) is 0 Å². The van der Waals surface area contributed by atoms with Gasteiger partial charge in [-0.1, -0.05) is 86.7 Å². The van der Waals surface area contributed by atoms with E-state index in [1.165, 1.54) is 22.3 Å². The highest BCUT2D eigenvalue weighted by molar-refractivity contribution is 5.83. The van der Waals surface area contributed by atoms with Crippen molar-refractivity contribution in [3.63, 3.8) is 0 Å². The van der Waals surface area contributed by atoms with E-state index in [4.69, 9.17) is 0 Å². The van der Waals surface area contributed by atoms with Crippen LogP contribution >= 0.6 is 0 Å². The molecule has 0 saturated heterocycles. The van der Waals surface area contributed by atoms with Gasteiger partial charge in [0, 0.05) is 0 Å². The molecule has 0 fully saturated rings. The van der Waals surface area contributed by atoms with Crippen LogP contribution in [0, 0.1) is 0 Å². The zero-order valence-electron chi connectivity index (χ0n) is 12.6. The average molecular weight is 272 g/mol. The minimum atomic E-state index is 1.18. The zero-order valence-corrected chi connectivity index (χ0v) is 12.6. The highest BCUT2D eigenvalue weighted by Gasteiger charge is 2.00. The van der Waals surface area contributed by atoms with Gasteiger partial charge < -0.3 is 0 Å². The summed E-state index contributed by atoms with van der Waals surface area (Å²) >= 11 is 0. The molecular weight excluding hydrogens is 252 g/mol. The summed E-state index contributed by atoms with van der Waals surface area (Å²) in [7, 11) is 0. The number of hydrogen-bond donors (Lipinski definition) is 0. The van der Waals surface area contributed by atoms with Crippen molar-refractivity contribution in [3.8, 4) is 0 Å². The van der Waals surface area contributed by atoms with Gasteiger partial charge in [-0.15, -0.1) is 5.73 Å².